The lowest BCUT2D eigenvalue weighted by Gasteiger charge is -2.40. The topological polar surface area (TPSA) is 74.5 Å². The summed E-state index contributed by atoms with van der Waals surface area (Å²) in [6.45, 7) is 3.61. The average molecular weight is 500 g/mol. The lowest BCUT2D eigenvalue weighted by molar-refractivity contribution is 0.0996. The van der Waals surface area contributed by atoms with Gasteiger partial charge in [0, 0.05) is 55.2 Å². The fourth-order valence-electron chi connectivity index (χ4n) is 5.40. The Hall–Kier alpha value is -3.49. The van der Waals surface area contributed by atoms with Crippen LogP contribution in [0, 0.1) is 0 Å². The van der Waals surface area contributed by atoms with E-state index in [-0.39, 0.29) is 11.9 Å². The second kappa shape index (κ2) is 10.2. The van der Waals surface area contributed by atoms with Crippen LogP contribution < -0.4 is 10.2 Å². The van der Waals surface area contributed by atoms with Crippen molar-refractivity contribution in [2.45, 2.75) is 31.7 Å². The maximum Gasteiger partial charge on any atom is 0.291 e. The lowest BCUT2D eigenvalue weighted by atomic mass is 9.88. The molecule has 2 aliphatic rings. The minimum Gasteiger partial charge on any atom is -0.459 e. The molecule has 0 radical (unpaired) electrons. The van der Waals surface area contributed by atoms with Gasteiger partial charge >= 0.3 is 0 Å². The number of hydrogen-bond acceptors (Lipinski definition) is 7. The first-order valence-electron chi connectivity index (χ1n) is 12.6. The third-order valence-corrected chi connectivity index (χ3v) is 8.36. The Morgan fingerprint density at radius 2 is 1.81 bits per heavy atom. The molecule has 1 aliphatic carbocycles. The van der Waals surface area contributed by atoms with Gasteiger partial charge in [-0.2, -0.15) is 0 Å². The molecule has 0 saturated carbocycles. The Labute approximate surface area is 214 Å². The minimum atomic E-state index is -0.201. The summed E-state index contributed by atoms with van der Waals surface area (Å²) in [5.41, 5.74) is 3.86. The van der Waals surface area contributed by atoms with Gasteiger partial charge < -0.3 is 14.6 Å². The van der Waals surface area contributed by atoms with Crippen molar-refractivity contribution in [1.29, 1.82) is 0 Å². The van der Waals surface area contributed by atoms with Crippen molar-refractivity contribution in [3.8, 4) is 0 Å². The standard InChI is InChI=1S/C28H29N5O2S/c34-27(22-7-5-19-35-22)31-28-25(21-6-1-2-8-23(21)36-28)26(20-10-13-29-14-11-20)33-17-15-32(16-18-33)24-9-3-4-12-30-24/h3-5,7,9-14,19,26H,1-2,6,8,15-18H2,(H,31,34)/t26-/m0/s1. The molecule has 184 valence electrons. The summed E-state index contributed by atoms with van der Waals surface area (Å²) >= 11 is 1.74. The van der Waals surface area contributed by atoms with Crippen molar-refractivity contribution in [3.05, 3.63) is 94.6 Å². The van der Waals surface area contributed by atoms with Crippen LogP contribution in [0.4, 0.5) is 10.8 Å². The van der Waals surface area contributed by atoms with E-state index in [1.165, 1.54) is 40.7 Å². The summed E-state index contributed by atoms with van der Waals surface area (Å²) in [6.07, 6.45) is 11.6. The lowest BCUT2D eigenvalue weighted by Crippen LogP contribution is -2.48. The molecular weight excluding hydrogens is 470 g/mol. The van der Waals surface area contributed by atoms with Gasteiger partial charge in [0.25, 0.3) is 5.91 Å². The maximum atomic E-state index is 13.0. The zero-order valence-electron chi connectivity index (χ0n) is 20.1. The molecule has 36 heavy (non-hydrogen) atoms. The van der Waals surface area contributed by atoms with Gasteiger partial charge in [-0.1, -0.05) is 6.07 Å². The highest BCUT2D eigenvalue weighted by Gasteiger charge is 2.34. The van der Waals surface area contributed by atoms with Crippen LogP contribution in [0.25, 0.3) is 0 Å². The predicted octanol–water partition coefficient (Wildman–Crippen LogP) is 5.17. The van der Waals surface area contributed by atoms with Gasteiger partial charge in [-0.15, -0.1) is 11.3 Å². The Balaban J connectivity index is 1.36. The number of anilines is 2. The molecule has 1 N–H and O–H groups in total. The number of amides is 1. The first-order valence-corrected chi connectivity index (χ1v) is 13.4. The van der Waals surface area contributed by atoms with E-state index < -0.39 is 0 Å². The van der Waals surface area contributed by atoms with Gasteiger partial charge in [0.1, 0.15) is 10.8 Å². The number of thiophene rings is 1. The van der Waals surface area contributed by atoms with Crippen LogP contribution in [-0.4, -0.2) is 47.0 Å². The van der Waals surface area contributed by atoms with E-state index in [2.05, 4.69) is 43.3 Å². The fraction of sp³-hybridized carbons (Fsp3) is 0.321. The molecule has 1 saturated heterocycles. The number of nitrogens with one attached hydrogen (secondary N) is 1. The SMILES string of the molecule is O=C(Nc1sc2c(c1[C@H](c1ccncc1)N1CCN(c3ccccn3)CC1)CCCC2)c1ccco1. The van der Waals surface area contributed by atoms with Crippen LogP contribution >= 0.6 is 11.3 Å². The number of nitrogens with zero attached hydrogens (tertiary/aromatic N) is 4. The number of fused-ring (bicyclic) bond motifs is 1. The molecule has 7 nitrogen and oxygen atoms in total. The van der Waals surface area contributed by atoms with E-state index in [1.807, 2.05) is 30.7 Å². The van der Waals surface area contributed by atoms with Crippen molar-refractivity contribution >= 4 is 28.1 Å². The average Bonchev–Trinajstić information content (AvgIpc) is 3.60. The van der Waals surface area contributed by atoms with Crippen molar-refractivity contribution in [3.63, 3.8) is 0 Å². The molecule has 1 aliphatic heterocycles. The first-order chi connectivity index (χ1) is 17.8. The molecule has 0 spiro atoms. The van der Waals surface area contributed by atoms with Crippen molar-refractivity contribution in [1.82, 2.24) is 14.9 Å². The maximum absolute atomic E-state index is 13.0. The molecule has 0 aromatic carbocycles. The highest BCUT2D eigenvalue weighted by molar-refractivity contribution is 7.16. The quantitative estimate of drug-likeness (QED) is 0.394. The van der Waals surface area contributed by atoms with E-state index in [0.717, 1.165) is 49.8 Å². The van der Waals surface area contributed by atoms with Gasteiger partial charge in [0.05, 0.1) is 12.3 Å². The van der Waals surface area contributed by atoms with Crippen molar-refractivity contribution in [2.24, 2.45) is 0 Å². The highest BCUT2D eigenvalue weighted by Crippen LogP contribution is 2.45. The molecule has 8 heteroatoms. The number of aryl methyl sites for hydroxylation is 1. The second-order valence-electron chi connectivity index (χ2n) is 9.28. The van der Waals surface area contributed by atoms with Gasteiger partial charge in [0.2, 0.25) is 0 Å². The summed E-state index contributed by atoms with van der Waals surface area (Å²) < 4.78 is 5.39. The van der Waals surface area contributed by atoms with Crippen molar-refractivity contribution in [2.75, 3.05) is 36.4 Å². The first kappa shape index (κ1) is 22.9. The number of hydrogen-bond donors (Lipinski definition) is 1. The Morgan fingerprint density at radius 1 is 0.972 bits per heavy atom. The summed E-state index contributed by atoms with van der Waals surface area (Å²) in [5.74, 6) is 1.15. The van der Waals surface area contributed by atoms with Gasteiger partial charge in [-0.05, 0) is 73.2 Å². The number of furan rings is 1. The molecule has 1 atom stereocenters. The van der Waals surface area contributed by atoms with Crippen LogP contribution in [0.3, 0.4) is 0 Å². The predicted molar refractivity (Wildman–Crippen MR) is 142 cm³/mol. The van der Waals surface area contributed by atoms with Gasteiger partial charge in [-0.25, -0.2) is 4.98 Å². The Morgan fingerprint density at radius 3 is 2.56 bits per heavy atom. The summed E-state index contributed by atoms with van der Waals surface area (Å²) in [7, 11) is 0. The Bertz CT molecular complexity index is 1300. The molecule has 0 unspecified atom stereocenters. The Kier molecular flexibility index (Phi) is 6.53. The third-order valence-electron chi connectivity index (χ3n) is 7.13. The van der Waals surface area contributed by atoms with E-state index in [9.17, 15) is 4.79 Å². The molecule has 4 aromatic heterocycles. The van der Waals surface area contributed by atoms with Crippen LogP contribution in [-0.2, 0) is 12.8 Å². The molecule has 1 fully saturated rings. The smallest absolute Gasteiger partial charge is 0.291 e. The molecule has 1 amide bonds. The molecule has 5 heterocycles. The summed E-state index contributed by atoms with van der Waals surface area (Å²) in [5, 5.41) is 4.16. The minimum absolute atomic E-state index is 0.0453. The second-order valence-corrected chi connectivity index (χ2v) is 10.4. The zero-order chi connectivity index (χ0) is 24.3. The largest absolute Gasteiger partial charge is 0.459 e. The zero-order valence-corrected chi connectivity index (χ0v) is 20.9. The van der Waals surface area contributed by atoms with Crippen LogP contribution in [0.2, 0.25) is 0 Å². The van der Waals surface area contributed by atoms with Crippen LogP contribution in [0.1, 0.15) is 51.0 Å². The van der Waals surface area contributed by atoms with Crippen molar-refractivity contribution < 1.29 is 9.21 Å². The van der Waals surface area contributed by atoms with Gasteiger partial charge in [0.15, 0.2) is 5.76 Å². The molecule has 0 bridgehead atoms. The number of pyridine rings is 2. The number of rotatable bonds is 6. The summed E-state index contributed by atoms with van der Waals surface area (Å²) in [4.78, 5) is 28.2. The number of carbonyl (C=O) groups excluding carboxylic acids is 1. The molecular formula is C28H29N5O2S. The van der Waals surface area contributed by atoms with E-state index in [4.69, 9.17) is 4.42 Å². The van der Waals surface area contributed by atoms with E-state index in [0.29, 0.717) is 5.76 Å². The summed E-state index contributed by atoms with van der Waals surface area (Å²) in [6, 6.07) is 13.8. The van der Waals surface area contributed by atoms with Crippen LogP contribution in [0.5, 0.6) is 0 Å². The normalized spacial score (nSPS) is 16.9. The van der Waals surface area contributed by atoms with E-state index >= 15 is 0 Å². The highest BCUT2D eigenvalue weighted by atomic mass is 32.1. The third kappa shape index (κ3) is 4.54. The number of carbonyl (C=O) groups is 1. The number of piperazine rings is 1. The molecule has 4 aromatic rings. The molecule has 6 rings (SSSR count). The van der Waals surface area contributed by atoms with Gasteiger partial charge in [-0.3, -0.25) is 14.7 Å². The van der Waals surface area contributed by atoms with Crippen LogP contribution in [0.15, 0.2) is 71.7 Å². The monoisotopic (exact) mass is 499 g/mol. The number of aromatic nitrogens is 2. The fourth-order valence-corrected chi connectivity index (χ4v) is 6.72. The van der Waals surface area contributed by atoms with E-state index in [1.54, 1.807) is 23.5 Å².